The highest BCUT2D eigenvalue weighted by atomic mass is 32.2. The highest BCUT2D eigenvalue weighted by molar-refractivity contribution is 7.96. The lowest BCUT2D eigenvalue weighted by molar-refractivity contribution is 1.36. The smallest absolute Gasteiger partial charge is 0.0622 e. The Balaban J connectivity index is 1.90. The Morgan fingerprint density at radius 3 is 1.15 bits per heavy atom. The molecule has 0 N–H and O–H groups in total. The first-order valence-electron chi connectivity index (χ1n) is 8.96. The topological polar surface area (TPSA) is 12.4 Å². The number of nitrogens with zero attached hydrogens (tertiary/aromatic N) is 1. The molecule has 4 aromatic carbocycles. The third-order valence-electron chi connectivity index (χ3n) is 4.21. The Morgan fingerprint density at radius 2 is 0.778 bits per heavy atom. The molecule has 1 nitrogen and oxygen atoms in total. The minimum atomic E-state index is -0.394. The Labute approximate surface area is 163 Å². The van der Waals surface area contributed by atoms with Gasteiger partial charge in [0.15, 0.2) is 9.79 Å². The lowest BCUT2D eigenvalue weighted by Gasteiger charge is -2.08. The van der Waals surface area contributed by atoms with Crippen LogP contribution in [-0.4, -0.2) is 5.71 Å². The van der Waals surface area contributed by atoms with Crippen LogP contribution in [0.1, 0.15) is 11.1 Å². The molecule has 0 saturated carbocycles. The highest BCUT2D eigenvalue weighted by Gasteiger charge is 2.27. The first kappa shape index (κ1) is 17.3. The molecule has 4 aromatic rings. The minimum absolute atomic E-state index is 0.394. The summed E-state index contributed by atoms with van der Waals surface area (Å²) < 4.78 is 5.30. The van der Waals surface area contributed by atoms with E-state index in [1.54, 1.807) is 0 Å². The standard InChI is InChI=1S/C25H20NS/c1-5-13-21(14-6-1)25(22-15-7-2-8-16-22)26-27(23-17-9-3-10-18-23)24-19-11-4-12-20-24/h1-20H/q+1. The summed E-state index contributed by atoms with van der Waals surface area (Å²) >= 11 is -0.394. The number of rotatable bonds is 5. The fourth-order valence-corrected chi connectivity index (χ4v) is 4.60. The van der Waals surface area contributed by atoms with E-state index >= 15 is 0 Å². The van der Waals surface area contributed by atoms with Gasteiger partial charge in [-0.2, -0.15) is 0 Å². The number of benzene rings is 4. The molecule has 0 aromatic heterocycles. The Morgan fingerprint density at radius 1 is 0.444 bits per heavy atom. The molecule has 4 rings (SSSR count). The van der Waals surface area contributed by atoms with Gasteiger partial charge in [0.05, 0.1) is 0 Å². The third-order valence-corrected chi connectivity index (χ3v) is 6.01. The van der Waals surface area contributed by atoms with Crippen molar-refractivity contribution in [3.05, 3.63) is 132 Å². The van der Waals surface area contributed by atoms with E-state index in [0.29, 0.717) is 0 Å². The summed E-state index contributed by atoms with van der Waals surface area (Å²) in [6, 6.07) is 41.9. The second-order valence-electron chi connectivity index (χ2n) is 6.08. The fourth-order valence-electron chi connectivity index (χ4n) is 2.90. The van der Waals surface area contributed by atoms with Gasteiger partial charge in [0, 0.05) is 11.1 Å². The SMILES string of the molecule is c1ccc(C(=N[S+](c2ccccc2)c2ccccc2)c2ccccc2)cc1. The zero-order chi connectivity index (χ0) is 18.3. The van der Waals surface area contributed by atoms with Crippen LogP contribution in [0.5, 0.6) is 0 Å². The highest BCUT2D eigenvalue weighted by Crippen LogP contribution is 2.26. The first-order chi connectivity index (χ1) is 13.4. The summed E-state index contributed by atoms with van der Waals surface area (Å²) in [5, 5.41) is 0. The average molecular weight is 367 g/mol. The van der Waals surface area contributed by atoms with Crippen molar-refractivity contribution in [3.8, 4) is 0 Å². The molecular weight excluding hydrogens is 346 g/mol. The van der Waals surface area contributed by atoms with E-state index in [1.807, 2.05) is 12.1 Å². The Hall–Kier alpha value is -3.10. The van der Waals surface area contributed by atoms with Crippen molar-refractivity contribution in [3.63, 3.8) is 0 Å². The maximum absolute atomic E-state index is 5.30. The fraction of sp³-hybridized carbons (Fsp3) is 0. The number of hydrogen-bond acceptors (Lipinski definition) is 1. The van der Waals surface area contributed by atoms with Gasteiger partial charge in [-0.3, -0.25) is 0 Å². The Bertz CT molecular complexity index is 916. The maximum atomic E-state index is 5.30. The van der Waals surface area contributed by atoms with Gasteiger partial charge in [0.25, 0.3) is 0 Å². The lowest BCUT2D eigenvalue weighted by atomic mass is 10.0. The van der Waals surface area contributed by atoms with Gasteiger partial charge in [-0.25, -0.2) is 0 Å². The molecule has 0 unspecified atom stereocenters. The van der Waals surface area contributed by atoms with Crippen LogP contribution in [0.2, 0.25) is 0 Å². The van der Waals surface area contributed by atoms with Gasteiger partial charge >= 0.3 is 0 Å². The van der Waals surface area contributed by atoms with Crippen LogP contribution >= 0.6 is 0 Å². The molecule has 0 aliphatic carbocycles. The lowest BCUT2D eigenvalue weighted by Crippen LogP contribution is -2.09. The first-order valence-corrected chi connectivity index (χ1v) is 10.1. The summed E-state index contributed by atoms with van der Waals surface area (Å²) in [5.41, 5.74) is 3.29. The summed E-state index contributed by atoms with van der Waals surface area (Å²) in [6.07, 6.45) is 0. The molecular formula is C25H20NS+. The summed E-state index contributed by atoms with van der Waals surface area (Å²) in [7, 11) is 0. The monoisotopic (exact) mass is 366 g/mol. The van der Waals surface area contributed by atoms with E-state index in [-0.39, 0.29) is 0 Å². The zero-order valence-corrected chi connectivity index (χ0v) is 15.7. The molecule has 0 fully saturated rings. The molecule has 0 bridgehead atoms. The average Bonchev–Trinajstić information content (AvgIpc) is 2.77. The molecule has 0 saturated heterocycles. The van der Waals surface area contributed by atoms with E-state index in [0.717, 1.165) is 16.8 Å². The van der Waals surface area contributed by atoms with Crippen molar-refractivity contribution in [2.45, 2.75) is 9.79 Å². The van der Waals surface area contributed by atoms with Crippen molar-refractivity contribution in [1.82, 2.24) is 0 Å². The van der Waals surface area contributed by atoms with Crippen LogP contribution in [0.15, 0.2) is 136 Å². The molecule has 130 valence electrons. The van der Waals surface area contributed by atoms with Crippen LogP contribution in [0.25, 0.3) is 0 Å². The molecule has 27 heavy (non-hydrogen) atoms. The van der Waals surface area contributed by atoms with Gasteiger partial charge in [-0.1, -0.05) is 97.1 Å². The normalized spacial score (nSPS) is 10.6. The molecule has 0 radical (unpaired) electrons. The van der Waals surface area contributed by atoms with Crippen molar-refractivity contribution < 1.29 is 0 Å². The van der Waals surface area contributed by atoms with Gasteiger partial charge in [-0.05, 0) is 28.7 Å². The van der Waals surface area contributed by atoms with E-state index in [4.69, 9.17) is 4.40 Å². The molecule has 0 aliphatic rings. The van der Waals surface area contributed by atoms with Crippen molar-refractivity contribution in [2.24, 2.45) is 4.40 Å². The molecule has 0 aliphatic heterocycles. The second kappa shape index (κ2) is 8.52. The molecule has 0 spiro atoms. The predicted molar refractivity (Wildman–Crippen MR) is 115 cm³/mol. The van der Waals surface area contributed by atoms with Crippen LogP contribution in [0.4, 0.5) is 0 Å². The maximum Gasteiger partial charge on any atom is 0.204 e. The van der Waals surface area contributed by atoms with Crippen molar-refractivity contribution in [1.29, 1.82) is 0 Å². The molecule has 0 heterocycles. The molecule has 0 amide bonds. The number of hydrogen-bond donors (Lipinski definition) is 0. The summed E-state index contributed by atoms with van der Waals surface area (Å²) in [6.45, 7) is 0. The summed E-state index contributed by atoms with van der Waals surface area (Å²) in [5.74, 6) is 0. The van der Waals surface area contributed by atoms with Crippen LogP contribution < -0.4 is 0 Å². The quantitative estimate of drug-likeness (QED) is 0.296. The Kier molecular flexibility index (Phi) is 5.47. The van der Waals surface area contributed by atoms with Crippen molar-refractivity contribution >= 4 is 16.8 Å². The van der Waals surface area contributed by atoms with E-state index in [2.05, 4.69) is 109 Å². The van der Waals surface area contributed by atoms with Gasteiger partial charge < -0.3 is 0 Å². The van der Waals surface area contributed by atoms with Gasteiger partial charge in [-0.15, -0.1) is 0 Å². The summed E-state index contributed by atoms with van der Waals surface area (Å²) in [4.78, 5) is 2.43. The van der Waals surface area contributed by atoms with Crippen LogP contribution in [0, 0.1) is 0 Å². The van der Waals surface area contributed by atoms with E-state index < -0.39 is 11.1 Å². The van der Waals surface area contributed by atoms with Crippen LogP contribution in [0.3, 0.4) is 0 Å². The second-order valence-corrected chi connectivity index (χ2v) is 7.78. The largest absolute Gasteiger partial charge is 0.204 e. The minimum Gasteiger partial charge on any atom is -0.0622 e. The van der Waals surface area contributed by atoms with Gasteiger partial charge in [0.2, 0.25) is 11.1 Å². The van der Waals surface area contributed by atoms with Crippen LogP contribution in [-0.2, 0) is 11.1 Å². The van der Waals surface area contributed by atoms with E-state index in [1.165, 1.54) is 9.79 Å². The predicted octanol–water partition coefficient (Wildman–Crippen LogP) is 6.18. The van der Waals surface area contributed by atoms with E-state index in [9.17, 15) is 0 Å². The molecule has 0 atom stereocenters. The van der Waals surface area contributed by atoms with Crippen molar-refractivity contribution in [2.75, 3.05) is 0 Å². The van der Waals surface area contributed by atoms with Gasteiger partial charge in [0.1, 0.15) is 5.71 Å². The third kappa shape index (κ3) is 4.18. The zero-order valence-electron chi connectivity index (χ0n) is 14.9. The molecule has 2 heteroatoms.